The Labute approximate surface area is 120 Å². The SMILES string of the molecule is Cc1ccc(C(=S)Nc2ccc(C(C)C)cc2)cc1. The highest BCUT2D eigenvalue weighted by Gasteiger charge is 2.02. The molecule has 0 aliphatic rings. The molecular weight excluding hydrogens is 250 g/mol. The summed E-state index contributed by atoms with van der Waals surface area (Å²) in [7, 11) is 0. The van der Waals surface area contributed by atoms with Crippen molar-refractivity contribution in [2.45, 2.75) is 26.7 Å². The molecule has 0 saturated carbocycles. The first-order valence-corrected chi connectivity index (χ1v) is 6.95. The normalized spacial score (nSPS) is 10.5. The molecule has 2 heteroatoms. The van der Waals surface area contributed by atoms with E-state index in [-0.39, 0.29) is 0 Å². The van der Waals surface area contributed by atoms with Gasteiger partial charge in [0.05, 0.1) is 0 Å². The average molecular weight is 269 g/mol. The second-order valence-electron chi connectivity index (χ2n) is 5.10. The molecule has 0 saturated heterocycles. The summed E-state index contributed by atoms with van der Waals surface area (Å²) in [4.78, 5) is 0.761. The Morgan fingerprint density at radius 3 is 2.05 bits per heavy atom. The van der Waals surface area contributed by atoms with Gasteiger partial charge >= 0.3 is 0 Å². The topological polar surface area (TPSA) is 12.0 Å². The third-order valence-corrected chi connectivity index (χ3v) is 3.49. The van der Waals surface area contributed by atoms with Crippen LogP contribution in [0, 0.1) is 6.92 Å². The molecule has 0 radical (unpaired) electrons. The number of rotatable bonds is 3. The summed E-state index contributed by atoms with van der Waals surface area (Å²) in [6.45, 7) is 6.46. The van der Waals surface area contributed by atoms with Gasteiger partial charge in [0, 0.05) is 11.3 Å². The Balaban J connectivity index is 2.08. The molecule has 0 amide bonds. The number of hydrogen-bond donors (Lipinski definition) is 1. The zero-order valence-corrected chi connectivity index (χ0v) is 12.4. The Morgan fingerprint density at radius 2 is 1.53 bits per heavy atom. The summed E-state index contributed by atoms with van der Waals surface area (Å²) >= 11 is 5.42. The summed E-state index contributed by atoms with van der Waals surface area (Å²) in [5.74, 6) is 0.554. The van der Waals surface area contributed by atoms with Crippen LogP contribution in [0.2, 0.25) is 0 Å². The largest absolute Gasteiger partial charge is 0.346 e. The van der Waals surface area contributed by atoms with Crippen molar-refractivity contribution in [3.05, 3.63) is 65.2 Å². The summed E-state index contributed by atoms with van der Waals surface area (Å²) < 4.78 is 0. The van der Waals surface area contributed by atoms with Gasteiger partial charge < -0.3 is 5.32 Å². The maximum absolute atomic E-state index is 5.42. The van der Waals surface area contributed by atoms with E-state index in [0.29, 0.717) is 5.92 Å². The molecule has 0 aromatic heterocycles. The van der Waals surface area contributed by atoms with Crippen molar-refractivity contribution < 1.29 is 0 Å². The number of benzene rings is 2. The average Bonchev–Trinajstić information content (AvgIpc) is 2.40. The number of aryl methyl sites for hydroxylation is 1. The Bertz CT molecular complexity index is 553. The quantitative estimate of drug-likeness (QED) is 0.795. The lowest BCUT2D eigenvalue weighted by Crippen LogP contribution is -2.10. The van der Waals surface area contributed by atoms with Crippen LogP contribution in [0.4, 0.5) is 5.69 Å². The van der Waals surface area contributed by atoms with Crippen molar-refractivity contribution in [3.8, 4) is 0 Å². The minimum absolute atomic E-state index is 0.554. The minimum Gasteiger partial charge on any atom is -0.346 e. The third kappa shape index (κ3) is 3.65. The van der Waals surface area contributed by atoms with Crippen LogP contribution in [0.5, 0.6) is 0 Å². The molecule has 2 aromatic carbocycles. The smallest absolute Gasteiger partial charge is 0.110 e. The van der Waals surface area contributed by atoms with E-state index in [0.717, 1.165) is 16.2 Å². The summed E-state index contributed by atoms with van der Waals surface area (Å²) in [5.41, 5.74) is 4.67. The molecule has 19 heavy (non-hydrogen) atoms. The van der Waals surface area contributed by atoms with E-state index in [1.165, 1.54) is 11.1 Å². The fraction of sp³-hybridized carbons (Fsp3) is 0.235. The van der Waals surface area contributed by atoms with Gasteiger partial charge in [-0.15, -0.1) is 0 Å². The van der Waals surface area contributed by atoms with Gasteiger partial charge in [0.25, 0.3) is 0 Å². The van der Waals surface area contributed by atoms with Gasteiger partial charge in [-0.1, -0.05) is 68.0 Å². The lowest BCUT2D eigenvalue weighted by molar-refractivity contribution is 0.867. The first kappa shape index (κ1) is 13.8. The van der Waals surface area contributed by atoms with Crippen molar-refractivity contribution in [2.75, 3.05) is 5.32 Å². The first-order valence-electron chi connectivity index (χ1n) is 6.54. The van der Waals surface area contributed by atoms with E-state index in [1.54, 1.807) is 0 Å². The fourth-order valence-corrected chi connectivity index (χ4v) is 2.11. The maximum Gasteiger partial charge on any atom is 0.110 e. The van der Waals surface area contributed by atoms with Crippen LogP contribution in [0.15, 0.2) is 48.5 Å². The molecule has 0 unspecified atom stereocenters. The van der Waals surface area contributed by atoms with Gasteiger partial charge in [0.15, 0.2) is 0 Å². The Kier molecular flexibility index (Phi) is 4.33. The molecule has 98 valence electrons. The lowest BCUT2D eigenvalue weighted by Gasteiger charge is -2.10. The second-order valence-corrected chi connectivity index (χ2v) is 5.51. The van der Waals surface area contributed by atoms with E-state index in [2.05, 4.69) is 62.5 Å². The van der Waals surface area contributed by atoms with E-state index >= 15 is 0 Å². The molecule has 0 aliphatic carbocycles. The molecule has 0 bridgehead atoms. The zero-order chi connectivity index (χ0) is 13.8. The molecule has 0 spiro atoms. The number of anilines is 1. The van der Waals surface area contributed by atoms with Gasteiger partial charge in [-0.25, -0.2) is 0 Å². The molecule has 0 heterocycles. The summed E-state index contributed by atoms with van der Waals surface area (Å²) in [6, 6.07) is 16.7. The van der Waals surface area contributed by atoms with Gasteiger partial charge in [0.1, 0.15) is 4.99 Å². The van der Waals surface area contributed by atoms with Gasteiger partial charge in [-0.05, 0) is 30.5 Å². The summed E-state index contributed by atoms with van der Waals surface area (Å²) in [5, 5.41) is 3.28. The van der Waals surface area contributed by atoms with Crippen LogP contribution in [-0.2, 0) is 0 Å². The van der Waals surface area contributed by atoms with Crippen LogP contribution in [0.3, 0.4) is 0 Å². The minimum atomic E-state index is 0.554. The molecule has 2 rings (SSSR count). The monoisotopic (exact) mass is 269 g/mol. The number of thiocarbonyl (C=S) groups is 1. The summed E-state index contributed by atoms with van der Waals surface area (Å²) in [6.07, 6.45) is 0. The van der Waals surface area contributed by atoms with Gasteiger partial charge in [-0.2, -0.15) is 0 Å². The second kappa shape index (κ2) is 5.98. The first-order chi connectivity index (χ1) is 9.06. The number of hydrogen-bond acceptors (Lipinski definition) is 1. The van der Waals surface area contributed by atoms with Crippen LogP contribution >= 0.6 is 12.2 Å². The van der Waals surface area contributed by atoms with E-state index in [1.807, 2.05) is 12.1 Å². The zero-order valence-electron chi connectivity index (χ0n) is 11.6. The highest BCUT2D eigenvalue weighted by molar-refractivity contribution is 7.81. The molecule has 0 fully saturated rings. The van der Waals surface area contributed by atoms with E-state index in [9.17, 15) is 0 Å². The van der Waals surface area contributed by atoms with Crippen LogP contribution < -0.4 is 5.32 Å². The van der Waals surface area contributed by atoms with Gasteiger partial charge in [-0.3, -0.25) is 0 Å². The van der Waals surface area contributed by atoms with Crippen LogP contribution in [0.1, 0.15) is 36.5 Å². The van der Waals surface area contributed by atoms with Crippen LogP contribution in [-0.4, -0.2) is 4.99 Å². The molecule has 0 atom stereocenters. The van der Waals surface area contributed by atoms with Crippen molar-refractivity contribution in [2.24, 2.45) is 0 Å². The Morgan fingerprint density at radius 1 is 0.947 bits per heavy atom. The fourth-order valence-electron chi connectivity index (χ4n) is 1.86. The van der Waals surface area contributed by atoms with Crippen molar-refractivity contribution in [1.29, 1.82) is 0 Å². The van der Waals surface area contributed by atoms with Crippen molar-refractivity contribution >= 4 is 22.9 Å². The maximum atomic E-state index is 5.42. The predicted octanol–water partition coefficient (Wildman–Crippen LogP) is 4.91. The number of nitrogens with one attached hydrogen (secondary N) is 1. The molecule has 2 aromatic rings. The lowest BCUT2D eigenvalue weighted by atomic mass is 10.0. The van der Waals surface area contributed by atoms with E-state index in [4.69, 9.17) is 12.2 Å². The molecule has 1 N–H and O–H groups in total. The van der Waals surface area contributed by atoms with Crippen LogP contribution in [0.25, 0.3) is 0 Å². The Hall–Kier alpha value is -1.67. The molecular formula is C17H19NS. The predicted molar refractivity (Wildman–Crippen MR) is 87.0 cm³/mol. The highest BCUT2D eigenvalue weighted by atomic mass is 32.1. The van der Waals surface area contributed by atoms with Crippen molar-refractivity contribution in [3.63, 3.8) is 0 Å². The van der Waals surface area contributed by atoms with Gasteiger partial charge in [0.2, 0.25) is 0 Å². The van der Waals surface area contributed by atoms with E-state index < -0.39 is 0 Å². The van der Waals surface area contributed by atoms with Crippen molar-refractivity contribution in [1.82, 2.24) is 0 Å². The highest BCUT2D eigenvalue weighted by Crippen LogP contribution is 2.18. The molecule has 1 nitrogen and oxygen atoms in total. The third-order valence-electron chi connectivity index (χ3n) is 3.15. The molecule has 0 aliphatic heterocycles. The standard InChI is InChI=1S/C17H19NS/c1-12(2)14-8-10-16(11-9-14)18-17(19)15-6-4-13(3)5-7-15/h4-12H,1-3H3,(H,18,19).